The Morgan fingerprint density at radius 3 is 2.45 bits per heavy atom. The zero-order valence-electron chi connectivity index (χ0n) is 20.3. The minimum atomic E-state index is 0.0750. The molecular weight excluding hydrogens is 412 g/mol. The Balaban J connectivity index is 1.54. The molecular formula is C26H36N6O. The maximum Gasteiger partial charge on any atom is 0.253 e. The van der Waals surface area contributed by atoms with Crippen LogP contribution in [0.25, 0.3) is 11.0 Å². The monoisotopic (exact) mass is 448 g/mol. The topological polar surface area (TPSA) is 74.6 Å². The molecule has 0 saturated heterocycles. The highest BCUT2D eigenvalue weighted by atomic mass is 16.2. The van der Waals surface area contributed by atoms with E-state index in [0.29, 0.717) is 6.54 Å². The van der Waals surface area contributed by atoms with Crippen LogP contribution in [0.15, 0.2) is 53.5 Å². The highest BCUT2D eigenvalue weighted by molar-refractivity contribution is 5.94. The molecule has 33 heavy (non-hydrogen) atoms. The van der Waals surface area contributed by atoms with Crippen molar-refractivity contribution in [2.75, 3.05) is 26.2 Å². The Morgan fingerprint density at radius 1 is 1.03 bits per heavy atom. The molecule has 3 aromatic rings. The minimum Gasteiger partial charge on any atom is -0.357 e. The molecule has 0 fully saturated rings. The predicted molar refractivity (Wildman–Crippen MR) is 136 cm³/mol. The molecule has 0 aliphatic rings. The Morgan fingerprint density at radius 2 is 1.76 bits per heavy atom. The van der Waals surface area contributed by atoms with Gasteiger partial charge in [0, 0.05) is 38.3 Å². The zero-order chi connectivity index (χ0) is 23.6. The molecule has 2 N–H and O–H groups in total. The summed E-state index contributed by atoms with van der Waals surface area (Å²) in [5.74, 6) is 1.92. The van der Waals surface area contributed by atoms with Crippen LogP contribution in [0, 0.1) is 6.92 Å². The third-order valence-electron chi connectivity index (χ3n) is 5.71. The van der Waals surface area contributed by atoms with E-state index < -0.39 is 0 Å². The second kappa shape index (κ2) is 12.0. The summed E-state index contributed by atoms with van der Waals surface area (Å²) >= 11 is 0. The molecule has 1 heterocycles. The summed E-state index contributed by atoms with van der Waals surface area (Å²) in [4.78, 5) is 23.6. The summed E-state index contributed by atoms with van der Waals surface area (Å²) in [6.07, 6.45) is 0.966. The first-order valence-electron chi connectivity index (χ1n) is 11.9. The maximum absolute atomic E-state index is 12.5. The summed E-state index contributed by atoms with van der Waals surface area (Å²) in [7, 11) is 0. The van der Waals surface area contributed by atoms with Crippen molar-refractivity contribution in [3.05, 3.63) is 65.5 Å². The van der Waals surface area contributed by atoms with Gasteiger partial charge in [-0.2, -0.15) is 0 Å². The van der Waals surface area contributed by atoms with E-state index in [1.807, 2.05) is 49.1 Å². The number of para-hydroxylation sites is 2. The Labute approximate surface area is 196 Å². The molecule has 1 amide bonds. The number of fused-ring (bicyclic) bond motifs is 1. The molecule has 176 valence electrons. The highest BCUT2D eigenvalue weighted by Gasteiger charge is 2.12. The van der Waals surface area contributed by atoms with Crippen molar-refractivity contribution in [3.63, 3.8) is 0 Å². The van der Waals surface area contributed by atoms with E-state index in [9.17, 15) is 4.79 Å². The Hall–Kier alpha value is -3.35. The van der Waals surface area contributed by atoms with Gasteiger partial charge in [-0.05, 0) is 63.9 Å². The number of aromatic nitrogens is 2. The molecule has 0 aliphatic heterocycles. The smallest absolute Gasteiger partial charge is 0.253 e. The summed E-state index contributed by atoms with van der Waals surface area (Å²) in [5.41, 5.74) is 4.02. The number of aliphatic imine (C=N–C) groups is 1. The number of hydrogen-bond acceptors (Lipinski definition) is 3. The SMILES string of the molecule is CCNC(=NCc1ccc(C(=O)N(CC)CC)cc1)NCCCn1c(C)nc2ccccc21. The molecule has 0 aliphatic carbocycles. The number of amides is 1. The Kier molecular flexibility index (Phi) is 8.87. The lowest BCUT2D eigenvalue weighted by Gasteiger charge is -2.18. The fourth-order valence-corrected chi connectivity index (χ4v) is 3.88. The number of nitrogens with zero attached hydrogens (tertiary/aromatic N) is 4. The standard InChI is InChI=1S/C26H36N6O/c1-5-27-26(28-17-10-18-32-20(4)30-23-11-8-9-12-24(23)32)29-19-21-13-15-22(16-14-21)25(33)31(6-2)7-3/h8-9,11-16H,5-7,10,17-19H2,1-4H3,(H2,27,28,29). The molecule has 7 nitrogen and oxygen atoms in total. The van der Waals surface area contributed by atoms with E-state index in [4.69, 9.17) is 4.99 Å². The van der Waals surface area contributed by atoms with E-state index >= 15 is 0 Å². The number of carbonyl (C=O) groups is 1. The average Bonchev–Trinajstić information content (AvgIpc) is 3.16. The van der Waals surface area contributed by atoms with Crippen LogP contribution in [0.4, 0.5) is 0 Å². The molecule has 0 saturated carbocycles. The van der Waals surface area contributed by atoms with Crippen molar-refractivity contribution >= 4 is 22.9 Å². The second-order valence-corrected chi connectivity index (χ2v) is 7.95. The van der Waals surface area contributed by atoms with E-state index in [1.54, 1.807) is 0 Å². The fraction of sp³-hybridized carbons (Fsp3) is 0.423. The number of carbonyl (C=O) groups excluding carboxylic acids is 1. The van der Waals surface area contributed by atoms with Crippen LogP contribution in [0.1, 0.15) is 48.9 Å². The summed E-state index contributed by atoms with van der Waals surface area (Å²) < 4.78 is 2.27. The van der Waals surface area contributed by atoms with E-state index in [-0.39, 0.29) is 5.91 Å². The number of aryl methyl sites for hydroxylation is 2. The molecule has 0 atom stereocenters. The van der Waals surface area contributed by atoms with Gasteiger partial charge in [-0.3, -0.25) is 4.79 Å². The van der Waals surface area contributed by atoms with Gasteiger partial charge in [0.1, 0.15) is 5.82 Å². The number of nitrogens with one attached hydrogen (secondary N) is 2. The molecule has 1 aromatic heterocycles. The van der Waals surface area contributed by atoms with Crippen LogP contribution >= 0.6 is 0 Å². The quantitative estimate of drug-likeness (QED) is 0.280. The van der Waals surface area contributed by atoms with E-state index in [0.717, 1.165) is 67.6 Å². The first kappa shape index (κ1) is 24.3. The summed E-state index contributed by atoms with van der Waals surface area (Å²) in [5, 5.41) is 6.73. The highest BCUT2D eigenvalue weighted by Crippen LogP contribution is 2.15. The van der Waals surface area contributed by atoms with Crippen molar-refractivity contribution in [1.29, 1.82) is 0 Å². The fourth-order valence-electron chi connectivity index (χ4n) is 3.88. The number of hydrogen-bond donors (Lipinski definition) is 2. The molecule has 2 aromatic carbocycles. The molecule has 0 unspecified atom stereocenters. The van der Waals surface area contributed by atoms with Gasteiger partial charge in [-0.15, -0.1) is 0 Å². The normalized spacial score (nSPS) is 11.6. The molecule has 0 radical (unpaired) electrons. The summed E-state index contributed by atoms with van der Waals surface area (Å²) in [6, 6.07) is 16.0. The third kappa shape index (κ3) is 6.34. The predicted octanol–water partition coefficient (Wildman–Crippen LogP) is 3.97. The van der Waals surface area contributed by atoms with Crippen LogP contribution < -0.4 is 10.6 Å². The lowest BCUT2D eigenvalue weighted by molar-refractivity contribution is 0.0773. The van der Waals surface area contributed by atoms with Crippen molar-refractivity contribution in [3.8, 4) is 0 Å². The number of guanidine groups is 1. The number of rotatable bonds is 10. The third-order valence-corrected chi connectivity index (χ3v) is 5.71. The molecule has 0 spiro atoms. The van der Waals surface area contributed by atoms with Crippen molar-refractivity contribution in [1.82, 2.24) is 25.1 Å². The van der Waals surface area contributed by atoms with E-state index in [1.165, 1.54) is 5.52 Å². The van der Waals surface area contributed by atoms with Gasteiger partial charge in [0.2, 0.25) is 0 Å². The van der Waals surface area contributed by atoms with Gasteiger partial charge in [-0.25, -0.2) is 9.98 Å². The van der Waals surface area contributed by atoms with E-state index in [2.05, 4.69) is 52.2 Å². The van der Waals surface area contributed by atoms with Gasteiger partial charge in [0.15, 0.2) is 5.96 Å². The molecule has 7 heteroatoms. The van der Waals surface area contributed by atoms with Gasteiger partial charge in [0.25, 0.3) is 5.91 Å². The van der Waals surface area contributed by atoms with Crippen LogP contribution in [0.2, 0.25) is 0 Å². The molecule has 0 bridgehead atoms. The van der Waals surface area contributed by atoms with Gasteiger partial charge >= 0.3 is 0 Å². The van der Waals surface area contributed by atoms with Crippen LogP contribution in [0.5, 0.6) is 0 Å². The first-order valence-corrected chi connectivity index (χ1v) is 11.9. The average molecular weight is 449 g/mol. The van der Waals surface area contributed by atoms with Gasteiger partial charge in [-0.1, -0.05) is 24.3 Å². The number of benzene rings is 2. The van der Waals surface area contributed by atoms with Crippen molar-refractivity contribution < 1.29 is 4.79 Å². The lowest BCUT2D eigenvalue weighted by atomic mass is 10.1. The van der Waals surface area contributed by atoms with Crippen molar-refractivity contribution in [2.24, 2.45) is 4.99 Å². The zero-order valence-corrected chi connectivity index (χ0v) is 20.3. The van der Waals surface area contributed by atoms with Gasteiger partial charge < -0.3 is 20.1 Å². The largest absolute Gasteiger partial charge is 0.357 e. The molecule has 3 rings (SSSR count). The van der Waals surface area contributed by atoms with Crippen LogP contribution in [0.3, 0.4) is 0 Å². The second-order valence-electron chi connectivity index (χ2n) is 7.95. The Bertz CT molecular complexity index is 1070. The number of imidazole rings is 1. The summed E-state index contributed by atoms with van der Waals surface area (Å²) in [6.45, 7) is 12.6. The minimum absolute atomic E-state index is 0.0750. The van der Waals surface area contributed by atoms with Crippen LogP contribution in [-0.2, 0) is 13.1 Å². The van der Waals surface area contributed by atoms with Crippen molar-refractivity contribution in [2.45, 2.75) is 47.2 Å². The lowest BCUT2D eigenvalue weighted by Crippen LogP contribution is -2.38. The maximum atomic E-state index is 12.5. The van der Waals surface area contributed by atoms with Crippen LogP contribution in [-0.4, -0.2) is 52.5 Å². The first-order chi connectivity index (χ1) is 16.1. The van der Waals surface area contributed by atoms with Gasteiger partial charge in [0.05, 0.1) is 17.6 Å².